The first kappa shape index (κ1) is 18.1. The van der Waals surface area contributed by atoms with Gasteiger partial charge in [0.15, 0.2) is 0 Å². The first-order valence-corrected chi connectivity index (χ1v) is 7.48. The summed E-state index contributed by atoms with van der Waals surface area (Å²) in [6, 6.07) is 10.1. The van der Waals surface area contributed by atoms with Crippen molar-refractivity contribution in [3.63, 3.8) is 0 Å². The van der Waals surface area contributed by atoms with E-state index in [4.69, 9.17) is 11.6 Å². The molecule has 2 rings (SSSR count). The molecule has 0 heterocycles. The van der Waals surface area contributed by atoms with E-state index in [-0.39, 0.29) is 12.1 Å². The smallest absolute Gasteiger partial charge is 0.376 e. The SMILES string of the molecule is CN(C)c1ccc(C(F)(F)F)cc1NC(=O)Cc1ccccc1Cl. The van der Waals surface area contributed by atoms with Gasteiger partial charge >= 0.3 is 6.18 Å². The summed E-state index contributed by atoms with van der Waals surface area (Å²) in [6.07, 6.45) is -4.50. The highest BCUT2D eigenvalue weighted by molar-refractivity contribution is 6.31. The van der Waals surface area contributed by atoms with Gasteiger partial charge in [-0.05, 0) is 29.8 Å². The van der Waals surface area contributed by atoms with Gasteiger partial charge in [0, 0.05) is 19.1 Å². The number of alkyl halides is 3. The van der Waals surface area contributed by atoms with Gasteiger partial charge in [0.25, 0.3) is 0 Å². The molecule has 0 spiro atoms. The van der Waals surface area contributed by atoms with E-state index >= 15 is 0 Å². The number of carbonyl (C=O) groups excluding carboxylic acids is 1. The van der Waals surface area contributed by atoms with Crippen LogP contribution in [-0.2, 0) is 17.4 Å². The number of benzene rings is 2. The molecule has 0 unspecified atom stereocenters. The summed E-state index contributed by atoms with van der Waals surface area (Å²) in [7, 11) is 3.37. The maximum absolute atomic E-state index is 12.9. The Kier molecular flexibility index (Phi) is 5.39. The molecule has 1 N–H and O–H groups in total. The van der Waals surface area contributed by atoms with Crippen molar-refractivity contribution in [1.82, 2.24) is 0 Å². The van der Waals surface area contributed by atoms with E-state index in [0.717, 1.165) is 12.1 Å². The molecule has 0 aliphatic heterocycles. The third kappa shape index (κ3) is 4.41. The van der Waals surface area contributed by atoms with Crippen molar-refractivity contribution >= 4 is 28.9 Å². The van der Waals surface area contributed by atoms with Gasteiger partial charge in [-0.1, -0.05) is 29.8 Å². The van der Waals surface area contributed by atoms with Crippen molar-refractivity contribution in [3.8, 4) is 0 Å². The van der Waals surface area contributed by atoms with E-state index in [1.165, 1.54) is 6.07 Å². The fourth-order valence-electron chi connectivity index (χ4n) is 2.21. The van der Waals surface area contributed by atoms with Gasteiger partial charge in [0.05, 0.1) is 23.4 Å². The second-order valence-electron chi connectivity index (χ2n) is 5.44. The first-order chi connectivity index (χ1) is 11.2. The monoisotopic (exact) mass is 356 g/mol. The fraction of sp³-hybridized carbons (Fsp3) is 0.235. The molecule has 0 saturated heterocycles. The van der Waals surface area contributed by atoms with Crippen LogP contribution in [0.5, 0.6) is 0 Å². The van der Waals surface area contributed by atoms with Crippen molar-refractivity contribution in [2.45, 2.75) is 12.6 Å². The Morgan fingerprint density at radius 2 is 1.83 bits per heavy atom. The van der Waals surface area contributed by atoms with E-state index in [2.05, 4.69) is 5.32 Å². The fourth-order valence-corrected chi connectivity index (χ4v) is 2.41. The molecular weight excluding hydrogens is 341 g/mol. The molecule has 128 valence electrons. The zero-order valence-electron chi connectivity index (χ0n) is 13.1. The molecule has 7 heteroatoms. The lowest BCUT2D eigenvalue weighted by Gasteiger charge is -2.20. The Bertz CT molecular complexity index is 745. The molecule has 1 amide bonds. The topological polar surface area (TPSA) is 32.3 Å². The minimum absolute atomic E-state index is 0.0250. The summed E-state index contributed by atoms with van der Waals surface area (Å²) in [5.74, 6) is -0.439. The maximum atomic E-state index is 12.9. The number of amides is 1. The van der Waals surface area contributed by atoms with Crippen LogP contribution in [0.25, 0.3) is 0 Å². The van der Waals surface area contributed by atoms with Gasteiger partial charge in [-0.2, -0.15) is 13.2 Å². The number of nitrogens with zero attached hydrogens (tertiary/aromatic N) is 1. The lowest BCUT2D eigenvalue weighted by Crippen LogP contribution is -2.19. The van der Waals surface area contributed by atoms with E-state index in [0.29, 0.717) is 16.3 Å². The number of carbonyl (C=O) groups is 1. The number of nitrogens with one attached hydrogen (secondary N) is 1. The predicted octanol–water partition coefficient (Wildman–Crippen LogP) is 4.61. The number of hydrogen-bond donors (Lipinski definition) is 1. The zero-order valence-corrected chi connectivity index (χ0v) is 13.9. The van der Waals surface area contributed by atoms with E-state index in [1.807, 2.05) is 0 Å². The zero-order chi connectivity index (χ0) is 17.9. The van der Waals surface area contributed by atoms with Crippen molar-refractivity contribution in [2.24, 2.45) is 0 Å². The van der Waals surface area contributed by atoms with Gasteiger partial charge in [-0.25, -0.2) is 0 Å². The molecule has 0 atom stereocenters. The van der Waals surface area contributed by atoms with Crippen LogP contribution in [0.4, 0.5) is 24.5 Å². The Morgan fingerprint density at radius 1 is 1.17 bits per heavy atom. The van der Waals surface area contributed by atoms with Gasteiger partial charge in [0.2, 0.25) is 5.91 Å². The molecule has 0 radical (unpaired) electrons. The summed E-state index contributed by atoms with van der Waals surface area (Å²) in [5, 5.41) is 2.98. The number of rotatable bonds is 4. The van der Waals surface area contributed by atoms with Crippen LogP contribution in [-0.4, -0.2) is 20.0 Å². The van der Waals surface area contributed by atoms with Gasteiger partial charge in [0.1, 0.15) is 0 Å². The minimum atomic E-state index is -4.48. The van der Waals surface area contributed by atoms with E-state index < -0.39 is 17.6 Å². The van der Waals surface area contributed by atoms with Crippen LogP contribution in [0.3, 0.4) is 0 Å². The lowest BCUT2D eigenvalue weighted by atomic mass is 10.1. The molecule has 0 saturated carbocycles. The largest absolute Gasteiger partial charge is 0.416 e. The van der Waals surface area contributed by atoms with Crippen molar-refractivity contribution in [1.29, 1.82) is 0 Å². The Morgan fingerprint density at radius 3 is 2.42 bits per heavy atom. The molecule has 0 aliphatic rings. The van der Waals surface area contributed by atoms with Gasteiger partial charge in [-0.3, -0.25) is 4.79 Å². The van der Waals surface area contributed by atoms with Gasteiger partial charge in [-0.15, -0.1) is 0 Å². The molecule has 0 fully saturated rings. The Balaban J connectivity index is 2.26. The third-order valence-electron chi connectivity index (χ3n) is 3.39. The summed E-state index contributed by atoms with van der Waals surface area (Å²) in [6.45, 7) is 0. The maximum Gasteiger partial charge on any atom is 0.416 e. The highest BCUT2D eigenvalue weighted by atomic mass is 35.5. The normalized spacial score (nSPS) is 11.2. The van der Waals surface area contributed by atoms with Crippen molar-refractivity contribution in [3.05, 3.63) is 58.6 Å². The molecule has 24 heavy (non-hydrogen) atoms. The molecule has 3 nitrogen and oxygen atoms in total. The van der Waals surface area contributed by atoms with Crippen LogP contribution in [0.2, 0.25) is 5.02 Å². The highest BCUT2D eigenvalue weighted by Gasteiger charge is 2.31. The second kappa shape index (κ2) is 7.13. The third-order valence-corrected chi connectivity index (χ3v) is 3.76. The Hall–Kier alpha value is -2.21. The molecular formula is C17H16ClF3N2O. The van der Waals surface area contributed by atoms with E-state index in [9.17, 15) is 18.0 Å². The molecule has 0 aliphatic carbocycles. The summed E-state index contributed by atoms with van der Waals surface area (Å²) in [4.78, 5) is 13.8. The minimum Gasteiger partial charge on any atom is -0.376 e. The van der Waals surface area contributed by atoms with Crippen molar-refractivity contribution < 1.29 is 18.0 Å². The van der Waals surface area contributed by atoms with Crippen LogP contribution in [0.1, 0.15) is 11.1 Å². The number of hydrogen-bond acceptors (Lipinski definition) is 2. The number of halogens is 4. The van der Waals surface area contributed by atoms with Crippen LogP contribution < -0.4 is 10.2 Å². The van der Waals surface area contributed by atoms with Crippen molar-refractivity contribution in [2.75, 3.05) is 24.3 Å². The molecule has 0 aromatic heterocycles. The molecule has 0 bridgehead atoms. The van der Waals surface area contributed by atoms with Crippen LogP contribution >= 0.6 is 11.6 Å². The first-order valence-electron chi connectivity index (χ1n) is 7.10. The summed E-state index contributed by atoms with van der Waals surface area (Å²) < 4.78 is 38.7. The quantitative estimate of drug-likeness (QED) is 0.868. The number of anilines is 2. The van der Waals surface area contributed by atoms with Gasteiger partial charge < -0.3 is 10.2 Å². The van der Waals surface area contributed by atoms with E-state index in [1.54, 1.807) is 43.3 Å². The predicted molar refractivity (Wildman–Crippen MR) is 89.6 cm³/mol. The standard InChI is InChI=1S/C17H16ClF3N2O/c1-23(2)15-8-7-12(17(19,20)21)10-14(15)22-16(24)9-11-5-3-4-6-13(11)18/h3-8,10H,9H2,1-2H3,(H,22,24). The Labute approximate surface area is 143 Å². The highest BCUT2D eigenvalue weighted by Crippen LogP contribution is 2.35. The molecule has 2 aromatic carbocycles. The lowest BCUT2D eigenvalue weighted by molar-refractivity contribution is -0.137. The second-order valence-corrected chi connectivity index (χ2v) is 5.85. The van der Waals surface area contributed by atoms with Crippen LogP contribution in [0, 0.1) is 0 Å². The average Bonchev–Trinajstić information content (AvgIpc) is 2.48. The summed E-state index contributed by atoms with van der Waals surface area (Å²) >= 11 is 6.00. The summed E-state index contributed by atoms with van der Waals surface area (Å²) in [5.41, 5.74) is 0.374. The average molecular weight is 357 g/mol. The molecule has 2 aromatic rings. The van der Waals surface area contributed by atoms with Crippen LogP contribution in [0.15, 0.2) is 42.5 Å².